The Morgan fingerprint density at radius 3 is 2.71 bits per heavy atom. The van der Waals surface area contributed by atoms with E-state index in [-0.39, 0.29) is 0 Å². The van der Waals surface area contributed by atoms with Crippen LogP contribution in [-0.4, -0.2) is 27.2 Å². The molecule has 24 heavy (non-hydrogen) atoms. The van der Waals surface area contributed by atoms with Crippen LogP contribution in [0.3, 0.4) is 0 Å². The zero-order valence-corrected chi connectivity index (χ0v) is 14.9. The standard InChI is InChI=1S/C16H14Cl2N4OS/c17-12-5-3-4-11(10-12)15-20-21-16(22(15)19)24-9-8-23-14-7-2-1-6-13(14)18/h1-7,10H,8-9,19H2. The monoisotopic (exact) mass is 380 g/mol. The van der Waals surface area contributed by atoms with Crippen LogP contribution >= 0.6 is 35.0 Å². The lowest BCUT2D eigenvalue weighted by Crippen LogP contribution is -2.12. The minimum Gasteiger partial charge on any atom is -0.491 e. The Bertz CT molecular complexity index is 840. The summed E-state index contributed by atoms with van der Waals surface area (Å²) in [6.45, 7) is 0.480. The number of benzene rings is 2. The summed E-state index contributed by atoms with van der Waals surface area (Å²) in [6.07, 6.45) is 0. The Balaban J connectivity index is 1.60. The number of hydrogen-bond acceptors (Lipinski definition) is 5. The smallest absolute Gasteiger partial charge is 0.210 e. The molecular formula is C16H14Cl2N4OS. The third kappa shape index (κ3) is 3.95. The van der Waals surface area contributed by atoms with Crippen LogP contribution in [0.1, 0.15) is 0 Å². The van der Waals surface area contributed by atoms with Crippen LogP contribution in [-0.2, 0) is 0 Å². The molecule has 0 aliphatic carbocycles. The number of nitrogens with two attached hydrogens (primary N) is 1. The third-order valence-electron chi connectivity index (χ3n) is 3.16. The van der Waals surface area contributed by atoms with Gasteiger partial charge in [-0.25, -0.2) is 4.68 Å². The molecule has 1 heterocycles. The average Bonchev–Trinajstić information content (AvgIpc) is 2.94. The number of hydrogen-bond donors (Lipinski definition) is 1. The van der Waals surface area contributed by atoms with E-state index in [2.05, 4.69) is 10.2 Å². The van der Waals surface area contributed by atoms with Crippen LogP contribution in [0.5, 0.6) is 5.75 Å². The quantitative estimate of drug-likeness (QED) is 0.395. The van der Waals surface area contributed by atoms with Gasteiger partial charge >= 0.3 is 0 Å². The molecule has 2 N–H and O–H groups in total. The van der Waals surface area contributed by atoms with Gasteiger partial charge in [0.2, 0.25) is 5.16 Å². The van der Waals surface area contributed by atoms with E-state index >= 15 is 0 Å². The number of aromatic nitrogens is 3. The maximum atomic E-state index is 6.07. The van der Waals surface area contributed by atoms with Crippen LogP contribution in [0, 0.1) is 0 Å². The summed E-state index contributed by atoms with van der Waals surface area (Å²) in [7, 11) is 0. The predicted octanol–water partition coefficient (Wildman–Crippen LogP) is 4.14. The molecule has 0 amide bonds. The molecule has 0 fully saturated rings. The van der Waals surface area contributed by atoms with Crippen LogP contribution in [0.15, 0.2) is 53.7 Å². The number of ether oxygens (including phenoxy) is 1. The highest BCUT2D eigenvalue weighted by atomic mass is 35.5. The van der Waals surface area contributed by atoms with Gasteiger partial charge in [0, 0.05) is 16.3 Å². The fourth-order valence-electron chi connectivity index (χ4n) is 2.05. The highest BCUT2D eigenvalue weighted by molar-refractivity contribution is 7.99. The first kappa shape index (κ1) is 17.0. The molecule has 0 radical (unpaired) electrons. The summed E-state index contributed by atoms with van der Waals surface area (Å²) in [6, 6.07) is 14.7. The molecule has 0 aliphatic heterocycles. The van der Waals surface area contributed by atoms with Gasteiger partial charge < -0.3 is 10.6 Å². The van der Waals surface area contributed by atoms with Crippen molar-refractivity contribution in [2.75, 3.05) is 18.2 Å². The molecule has 5 nitrogen and oxygen atoms in total. The zero-order valence-electron chi connectivity index (χ0n) is 12.5. The highest BCUT2D eigenvalue weighted by Crippen LogP contribution is 2.25. The summed E-state index contributed by atoms with van der Waals surface area (Å²) >= 11 is 13.5. The van der Waals surface area contributed by atoms with E-state index < -0.39 is 0 Å². The Morgan fingerprint density at radius 2 is 1.92 bits per heavy atom. The predicted molar refractivity (Wildman–Crippen MR) is 98.3 cm³/mol. The van der Waals surface area contributed by atoms with Gasteiger partial charge in [0.05, 0.1) is 11.6 Å². The highest BCUT2D eigenvalue weighted by Gasteiger charge is 2.12. The molecule has 0 bridgehead atoms. The molecule has 3 rings (SSSR count). The second-order valence-corrected chi connectivity index (χ2v) is 6.72. The topological polar surface area (TPSA) is 66.0 Å². The summed E-state index contributed by atoms with van der Waals surface area (Å²) in [5.41, 5.74) is 0.816. The van der Waals surface area contributed by atoms with Crippen molar-refractivity contribution in [3.8, 4) is 17.1 Å². The van der Waals surface area contributed by atoms with Crippen molar-refractivity contribution in [1.82, 2.24) is 14.9 Å². The molecular weight excluding hydrogens is 367 g/mol. The summed E-state index contributed by atoms with van der Waals surface area (Å²) < 4.78 is 7.09. The summed E-state index contributed by atoms with van der Waals surface area (Å²) in [4.78, 5) is 0. The van der Waals surface area contributed by atoms with Gasteiger partial charge in [-0.15, -0.1) is 10.2 Å². The lowest BCUT2D eigenvalue weighted by atomic mass is 10.2. The van der Waals surface area contributed by atoms with E-state index in [1.54, 1.807) is 18.2 Å². The molecule has 0 saturated heterocycles. The second-order valence-electron chi connectivity index (χ2n) is 4.81. The Kier molecular flexibility index (Phi) is 5.50. The number of nitrogen functional groups attached to an aromatic ring is 1. The molecule has 124 valence electrons. The first-order chi connectivity index (χ1) is 11.6. The average molecular weight is 381 g/mol. The van der Waals surface area contributed by atoms with Crippen LogP contribution in [0.25, 0.3) is 11.4 Å². The minimum atomic E-state index is 0.480. The Labute approximate surface area is 153 Å². The molecule has 8 heteroatoms. The molecule has 0 saturated carbocycles. The van der Waals surface area contributed by atoms with Crippen molar-refractivity contribution >= 4 is 35.0 Å². The van der Waals surface area contributed by atoms with Gasteiger partial charge in [-0.3, -0.25) is 0 Å². The van der Waals surface area contributed by atoms with Gasteiger partial charge in [0.15, 0.2) is 5.82 Å². The minimum absolute atomic E-state index is 0.480. The molecule has 0 aliphatic rings. The molecule has 3 aromatic rings. The number of rotatable bonds is 6. The van der Waals surface area contributed by atoms with Gasteiger partial charge in [-0.1, -0.05) is 59.2 Å². The summed E-state index contributed by atoms with van der Waals surface area (Å²) in [5.74, 6) is 7.95. The first-order valence-electron chi connectivity index (χ1n) is 7.11. The fourth-order valence-corrected chi connectivity index (χ4v) is 3.10. The first-order valence-corrected chi connectivity index (χ1v) is 8.86. The largest absolute Gasteiger partial charge is 0.491 e. The van der Waals surface area contributed by atoms with Gasteiger partial charge in [-0.2, -0.15) is 0 Å². The van der Waals surface area contributed by atoms with Crippen molar-refractivity contribution in [3.05, 3.63) is 58.6 Å². The van der Waals surface area contributed by atoms with Gasteiger partial charge in [0.25, 0.3) is 0 Å². The molecule has 1 aromatic heterocycles. The zero-order chi connectivity index (χ0) is 16.9. The second kappa shape index (κ2) is 7.79. The van der Waals surface area contributed by atoms with E-state index in [0.29, 0.717) is 39.1 Å². The van der Waals surface area contributed by atoms with Gasteiger partial charge in [0.1, 0.15) is 5.75 Å². The molecule has 0 unspecified atom stereocenters. The van der Waals surface area contributed by atoms with E-state index in [1.807, 2.05) is 30.3 Å². The Hall–Kier alpha value is -1.89. The van der Waals surface area contributed by atoms with Crippen molar-refractivity contribution in [2.24, 2.45) is 0 Å². The maximum absolute atomic E-state index is 6.07. The van der Waals surface area contributed by atoms with E-state index in [9.17, 15) is 0 Å². The number of nitrogens with zero attached hydrogens (tertiary/aromatic N) is 3. The van der Waals surface area contributed by atoms with Crippen LogP contribution < -0.4 is 10.6 Å². The van der Waals surface area contributed by atoms with Crippen molar-refractivity contribution in [3.63, 3.8) is 0 Å². The van der Waals surface area contributed by atoms with Crippen LogP contribution in [0.2, 0.25) is 10.0 Å². The molecule has 0 spiro atoms. The van der Waals surface area contributed by atoms with Crippen molar-refractivity contribution in [1.29, 1.82) is 0 Å². The van der Waals surface area contributed by atoms with E-state index in [1.165, 1.54) is 16.4 Å². The number of para-hydroxylation sites is 1. The molecule has 0 atom stereocenters. The van der Waals surface area contributed by atoms with Gasteiger partial charge in [-0.05, 0) is 24.3 Å². The Morgan fingerprint density at radius 1 is 1.08 bits per heavy atom. The fraction of sp³-hybridized carbons (Fsp3) is 0.125. The van der Waals surface area contributed by atoms with Crippen LogP contribution in [0.4, 0.5) is 0 Å². The number of thioether (sulfide) groups is 1. The summed E-state index contributed by atoms with van der Waals surface area (Å²) in [5, 5.41) is 10.1. The molecule has 2 aromatic carbocycles. The lowest BCUT2D eigenvalue weighted by molar-refractivity contribution is 0.344. The van der Waals surface area contributed by atoms with Crippen molar-refractivity contribution < 1.29 is 4.74 Å². The maximum Gasteiger partial charge on any atom is 0.210 e. The number of halogens is 2. The van der Waals surface area contributed by atoms with E-state index in [4.69, 9.17) is 33.8 Å². The normalized spacial score (nSPS) is 10.8. The third-order valence-corrected chi connectivity index (χ3v) is 4.61. The van der Waals surface area contributed by atoms with Crippen molar-refractivity contribution in [2.45, 2.75) is 5.16 Å². The van der Waals surface area contributed by atoms with E-state index in [0.717, 1.165) is 5.56 Å². The SMILES string of the molecule is Nn1c(SCCOc2ccccc2Cl)nnc1-c1cccc(Cl)c1. The lowest BCUT2D eigenvalue weighted by Gasteiger charge is -2.07.